The second-order valence-corrected chi connectivity index (χ2v) is 8.48. The highest BCUT2D eigenvalue weighted by Gasteiger charge is 2.45. The van der Waals surface area contributed by atoms with Gasteiger partial charge in [-0.3, -0.25) is 0 Å². The van der Waals surface area contributed by atoms with Crippen molar-refractivity contribution < 1.29 is 54.8 Å². The first-order chi connectivity index (χ1) is 16.5. The standard InChI is InChI=1S/C24H30O11/c1-13(26)24(32,10-14-2-6-16(27)7-3-14)23(31)33-12-15-4-8-17(9-5-15)34-22-21(30)20(29)19(28)18(11-25)35-22/h2-9,13,18-22,25-30,32H,10-12H2,1H3/t13-,18-,19-,20+,21-,22-,24+/m0/s1. The molecule has 7 N–H and O–H groups in total. The molecule has 0 amide bonds. The van der Waals surface area contributed by atoms with Gasteiger partial charge in [0.15, 0.2) is 5.60 Å². The van der Waals surface area contributed by atoms with Crippen molar-refractivity contribution in [1.82, 2.24) is 0 Å². The average Bonchev–Trinajstić information content (AvgIpc) is 2.84. The summed E-state index contributed by atoms with van der Waals surface area (Å²) in [5.74, 6) is -0.768. The Hall–Kier alpha value is -2.77. The van der Waals surface area contributed by atoms with Crippen molar-refractivity contribution in [3.8, 4) is 11.5 Å². The third kappa shape index (κ3) is 6.27. The van der Waals surface area contributed by atoms with Crippen molar-refractivity contribution in [2.45, 2.75) is 62.4 Å². The first kappa shape index (κ1) is 26.8. The van der Waals surface area contributed by atoms with E-state index >= 15 is 0 Å². The van der Waals surface area contributed by atoms with E-state index in [1.54, 1.807) is 12.1 Å². The highest BCUT2D eigenvalue weighted by molar-refractivity contribution is 5.80. The molecule has 2 aromatic rings. The number of carbonyl (C=O) groups is 1. The lowest BCUT2D eigenvalue weighted by atomic mass is 9.89. The molecule has 7 atom stereocenters. The fraction of sp³-hybridized carbons (Fsp3) is 0.458. The van der Waals surface area contributed by atoms with Crippen LogP contribution in [0.2, 0.25) is 0 Å². The lowest BCUT2D eigenvalue weighted by Gasteiger charge is -2.39. The van der Waals surface area contributed by atoms with Crippen molar-refractivity contribution in [2.24, 2.45) is 0 Å². The monoisotopic (exact) mass is 494 g/mol. The van der Waals surface area contributed by atoms with Crippen LogP contribution in [0.15, 0.2) is 48.5 Å². The number of aliphatic hydroxyl groups excluding tert-OH is 5. The molecule has 1 saturated heterocycles. The molecule has 0 unspecified atom stereocenters. The molecule has 0 aromatic heterocycles. The van der Waals surface area contributed by atoms with Gasteiger partial charge < -0.3 is 50.0 Å². The molecule has 11 heteroatoms. The van der Waals surface area contributed by atoms with Crippen molar-refractivity contribution in [2.75, 3.05) is 6.61 Å². The van der Waals surface area contributed by atoms with Crippen LogP contribution in [0.3, 0.4) is 0 Å². The van der Waals surface area contributed by atoms with Crippen LogP contribution in [0.5, 0.6) is 11.5 Å². The van der Waals surface area contributed by atoms with Crippen molar-refractivity contribution >= 4 is 5.97 Å². The Morgan fingerprint density at radius 2 is 1.60 bits per heavy atom. The normalized spacial score (nSPS) is 27.0. The number of carbonyl (C=O) groups excluding carboxylic acids is 1. The Kier molecular flexibility index (Phi) is 8.67. The van der Waals surface area contributed by atoms with Crippen molar-refractivity contribution in [3.63, 3.8) is 0 Å². The Bertz CT molecular complexity index is 960. The van der Waals surface area contributed by atoms with E-state index in [0.717, 1.165) is 0 Å². The lowest BCUT2D eigenvalue weighted by Crippen LogP contribution is -2.60. The highest BCUT2D eigenvalue weighted by Crippen LogP contribution is 2.25. The predicted octanol–water partition coefficient (Wildman–Crippen LogP) is -1.03. The van der Waals surface area contributed by atoms with Crippen LogP contribution >= 0.6 is 0 Å². The van der Waals surface area contributed by atoms with Gasteiger partial charge in [0.2, 0.25) is 6.29 Å². The maximum atomic E-state index is 12.6. The van der Waals surface area contributed by atoms with Gasteiger partial charge in [-0.15, -0.1) is 0 Å². The summed E-state index contributed by atoms with van der Waals surface area (Å²) in [5, 5.41) is 69.2. The molecule has 3 rings (SSSR count). The van der Waals surface area contributed by atoms with Gasteiger partial charge in [0.25, 0.3) is 0 Å². The van der Waals surface area contributed by atoms with E-state index in [1.165, 1.54) is 43.3 Å². The first-order valence-corrected chi connectivity index (χ1v) is 11.0. The Balaban J connectivity index is 1.59. The van der Waals surface area contributed by atoms with Crippen LogP contribution in [-0.2, 0) is 27.3 Å². The van der Waals surface area contributed by atoms with Gasteiger partial charge in [-0.05, 0) is 42.3 Å². The van der Waals surface area contributed by atoms with E-state index in [2.05, 4.69) is 0 Å². The van der Waals surface area contributed by atoms with Gasteiger partial charge in [-0.2, -0.15) is 0 Å². The third-order valence-corrected chi connectivity index (χ3v) is 5.85. The number of rotatable bonds is 9. The molecule has 1 fully saturated rings. The van der Waals surface area contributed by atoms with Gasteiger partial charge in [-0.25, -0.2) is 4.79 Å². The Morgan fingerprint density at radius 3 is 2.17 bits per heavy atom. The topological polar surface area (TPSA) is 186 Å². The van der Waals surface area contributed by atoms with E-state index < -0.39 is 55.0 Å². The molecule has 192 valence electrons. The summed E-state index contributed by atoms with van der Waals surface area (Å²) in [4.78, 5) is 12.6. The van der Waals surface area contributed by atoms with E-state index in [1.807, 2.05) is 0 Å². The molecule has 0 aliphatic carbocycles. The first-order valence-electron chi connectivity index (χ1n) is 11.0. The molecular weight excluding hydrogens is 464 g/mol. The summed E-state index contributed by atoms with van der Waals surface area (Å²) in [6.07, 6.45) is -8.73. The number of hydrogen-bond acceptors (Lipinski definition) is 11. The number of phenols is 1. The minimum atomic E-state index is -2.21. The second kappa shape index (κ2) is 11.3. The largest absolute Gasteiger partial charge is 0.508 e. The van der Waals surface area contributed by atoms with Gasteiger partial charge in [0.05, 0.1) is 12.7 Å². The molecule has 0 spiro atoms. The smallest absolute Gasteiger partial charge is 0.341 e. The van der Waals surface area contributed by atoms with Gasteiger partial charge in [-0.1, -0.05) is 24.3 Å². The molecule has 35 heavy (non-hydrogen) atoms. The minimum Gasteiger partial charge on any atom is -0.508 e. The molecule has 0 saturated carbocycles. The summed E-state index contributed by atoms with van der Waals surface area (Å²) in [5.41, 5.74) is -1.17. The average molecular weight is 494 g/mol. The predicted molar refractivity (Wildman–Crippen MR) is 119 cm³/mol. The number of ether oxygens (including phenoxy) is 3. The van der Waals surface area contributed by atoms with Crippen LogP contribution < -0.4 is 4.74 Å². The van der Waals surface area contributed by atoms with Crippen LogP contribution in [0.25, 0.3) is 0 Å². The van der Waals surface area contributed by atoms with Gasteiger partial charge in [0.1, 0.15) is 42.5 Å². The van der Waals surface area contributed by atoms with Crippen molar-refractivity contribution in [1.29, 1.82) is 0 Å². The van der Waals surface area contributed by atoms with E-state index in [0.29, 0.717) is 11.1 Å². The zero-order chi connectivity index (χ0) is 25.8. The third-order valence-electron chi connectivity index (χ3n) is 5.85. The van der Waals surface area contributed by atoms with Gasteiger partial charge >= 0.3 is 5.97 Å². The van der Waals surface area contributed by atoms with E-state index in [9.17, 15) is 40.5 Å². The van der Waals surface area contributed by atoms with E-state index in [4.69, 9.17) is 14.2 Å². The molecular formula is C24H30O11. The van der Waals surface area contributed by atoms with Crippen LogP contribution in [0, 0.1) is 0 Å². The summed E-state index contributed by atoms with van der Waals surface area (Å²) in [6, 6.07) is 11.9. The second-order valence-electron chi connectivity index (χ2n) is 8.48. The molecule has 1 heterocycles. The maximum Gasteiger partial charge on any atom is 0.341 e. The molecule has 11 nitrogen and oxygen atoms in total. The summed E-state index contributed by atoms with van der Waals surface area (Å²) in [6.45, 7) is 0.470. The number of hydrogen-bond donors (Lipinski definition) is 7. The molecule has 0 bridgehead atoms. The van der Waals surface area contributed by atoms with Crippen LogP contribution in [0.1, 0.15) is 18.1 Å². The van der Waals surface area contributed by atoms with Gasteiger partial charge in [0, 0.05) is 6.42 Å². The van der Waals surface area contributed by atoms with Crippen LogP contribution in [-0.4, -0.2) is 90.7 Å². The zero-order valence-corrected chi connectivity index (χ0v) is 19.0. The zero-order valence-electron chi connectivity index (χ0n) is 19.0. The fourth-order valence-corrected chi connectivity index (χ4v) is 3.55. The summed E-state index contributed by atoms with van der Waals surface area (Å²) in [7, 11) is 0. The Labute approximate surface area is 201 Å². The maximum absolute atomic E-state index is 12.6. The number of benzene rings is 2. The SMILES string of the molecule is C[C@H](O)[C@](O)(Cc1ccc(O)cc1)C(=O)OCc1ccc(O[C@H]2O[C@@H](CO)[C@H](O)[C@@H](O)[C@@H]2O)cc1. The molecule has 1 aliphatic rings. The number of phenolic OH excluding ortho intramolecular Hbond substituents is 1. The molecule has 1 aliphatic heterocycles. The quantitative estimate of drug-likeness (QED) is 0.211. The fourth-order valence-electron chi connectivity index (χ4n) is 3.55. The summed E-state index contributed by atoms with van der Waals surface area (Å²) < 4.78 is 16.0. The highest BCUT2D eigenvalue weighted by atomic mass is 16.7. The lowest BCUT2D eigenvalue weighted by molar-refractivity contribution is -0.277. The van der Waals surface area contributed by atoms with Crippen LogP contribution in [0.4, 0.5) is 0 Å². The summed E-state index contributed by atoms with van der Waals surface area (Å²) >= 11 is 0. The number of aromatic hydroxyl groups is 1. The number of esters is 1. The Morgan fingerprint density at radius 1 is 1.00 bits per heavy atom. The molecule has 0 radical (unpaired) electrons. The number of aliphatic hydroxyl groups is 6. The minimum absolute atomic E-state index is 0.0240. The molecule has 2 aromatic carbocycles. The van der Waals surface area contributed by atoms with E-state index in [-0.39, 0.29) is 24.5 Å². The van der Waals surface area contributed by atoms with Crippen molar-refractivity contribution in [3.05, 3.63) is 59.7 Å².